The molecule has 0 fully saturated rings. The minimum absolute atomic E-state index is 1.04. The van der Waals surface area contributed by atoms with E-state index in [9.17, 15) is 0 Å². The first-order valence-corrected chi connectivity index (χ1v) is 11.2. The van der Waals surface area contributed by atoms with Crippen molar-refractivity contribution in [2.75, 3.05) is 0 Å². The number of thiophene rings is 1. The molecule has 1 aromatic heterocycles. The summed E-state index contributed by atoms with van der Waals surface area (Å²) in [4.78, 5) is 0. The highest BCUT2D eigenvalue weighted by Gasteiger charge is 2.20. The van der Waals surface area contributed by atoms with Gasteiger partial charge in [-0.05, 0) is 62.7 Å². The van der Waals surface area contributed by atoms with Crippen molar-refractivity contribution in [2.45, 2.75) is 6.42 Å². The van der Waals surface area contributed by atoms with Gasteiger partial charge in [0, 0.05) is 20.2 Å². The fraction of sp³-hybridized carbons (Fsp3) is 0.0345. The van der Waals surface area contributed by atoms with Gasteiger partial charge in [-0.25, -0.2) is 0 Å². The topological polar surface area (TPSA) is 0 Å². The molecule has 1 aliphatic rings. The Bertz CT molecular complexity index is 1620. The highest BCUT2D eigenvalue weighted by molar-refractivity contribution is 7.26. The quantitative estimate of drug-likeness (QED) is 0.260. The first kappa shape index (κ1) is 16.4. The Labute approximate surface area is 179 Å². The van der Waals surface area contributed by atoms with Gasteiger partial charge in [0.2, 0.25) is 0 Å². The Balaban J connectivity index is 1.53. The van der Waals surface area contributed by atoms with Crippen LogP contribution in [0.1, 0.15) is 11.1 Å². The predicted octanol–water partition coefficient (Wildman–Crippen LogP) is 8.45. The second-order valence-electron chi connectivity index (χ2n) is 8.15. The van der Waals surface area contributed by atoms with E-state index in [0.29, 0.717) is 0 Å². The summed E-state index contributed by atoms with van der Waals surface area (Å²) in [5.41, 5.74) is 8.35. The highest BCUT2D eigenvalue weighted by Crippen LogP contribution is 2.44. The molecular weight excluding hydrogens is 380 g/mol. The first-order chi connectivity index (χ1) is 14.9. The fourth-order valence-electron chi connectivity index (χ4n) is 5.10. The lowest BCUT2D eigenvalue weighted by Crippen LogP contribution is -1.85. The van der Waals surface area contributed by atoms with Gasteiger partial charge in [-0.2, -0.15) is 0 Å². The van der Waals surface area contributed by atoms with Crippen LogP contribution in [0.15, 0.2) is 97.1 Å². The molecule has 0 nitrogen and oxygen atoms in total. The molecule has 0 saturated heterocycles. The molecule has 1 aliphatic carbocycles. The van der Waals surface area contributed by atoms with Crippen LogP contribution in [0.25, 0.3) is 53.2 Å². The third-order valence-electron chi connectivity index (χ3n) is 6.49. The van der Waals surface area contributed by atoms with Crippen molar-refractivity contribution in [3.05, 3.63) is 108 Å². The van der Waals surface area contributed by atoms with E-state index in [1.54, 1.807) is 0 Å². The summed E-state index contributed by atoms with van der Waals surface area (Å²) in [6.07, 6.45) is 1.04. The third-order valence-corrected chi connectivity index (χ3v) is 7.71. The van der Waals surface area contributed by atoms with Crippen molar-refractivity contribution >= 4 is 42.3 Å². The number of fused-ring (bicyclic) bond motifs is 8. The van der Waals surface area contributed by atoms with Crippen LogP contribution >= 0.6 is 11.3 Å². The Morgan fingerprint density at radius 3 is 2.37 bits per heavy atom. The molecule has 140 valence electrons. The van der Waals surface area contributed by atoms with Gasteiger partial charge in [0.05, 0.1) is 0 Å². The molecule has 7 rings (SSSR count). The minimum Gasteiger partial charge on any atom is -0.135 e. The zero-order valence-corrected chi connectivity index (χ0v) is 17.2. The largest absolute Gasteiger partial charge is 0.135 e. The van der Waals surface area contributed by atoms with Gasteiger partial charge in [-0.1, -0.05) is 84.9 Å². The van der Waals surface area contributed by atoms with E-state index >= 15 is 0 Å². The van der Waals surface area contributed by atoms with Crippen molar-refractivity contribution in [3.8, 4) is 22.3 Å². The van der Waals surface area contributed by atoms with E-state index in [0.717, 1.165) is 6.42 Å². The number of hydrogen-bond acceptors (Lipinski definition) is 1. The predicted molar refractivity (Wildman–Crippen MR) is 131 cm³/mol. The molecule has 1 heterocycles. The number of rotatable bonds is 1. The maximum Gasteiger partial charge on any atom is 0.0433 e. The maximum atomic E-state index is 2.41. The van der Waals surface area contributed by atoms with Crippen LogP contribution in [0.4, 0.5) is 0 Å². The van der Waals surface area contributed by atoms with Gasteiger partial charge >= 0.3 is 0 Å². The van der Waals surface area contributed by atoms with Gasteiger partial charge in [0.15, 0.2) is 0 Å². The molecule has 5 aromatic carbocycles. The molecule has 1 heteroatoms. The molecule has 0 saturated carbocycles. The molecule has 0 N–H and O–H groups in total. The van der Waals surface area contributed by atoms with Crippen LogP contribution in [0.2, 0.25) is 0 Å². The summed E-state index contributed by atoms with van der Waals surface area (Å²) in [6.45, 7) is 0. The van der Waals surface area contributed by atoms with E-state index < -0.39 is 0 Å². The minimum atomic E-state index is 1.04. The second-order valence-corrected chi connectivity index (χ2v) is 9.20. The fourth-order valence-corrected chi connectivity index (χ4v) is 6.33. The molecular formula is C29H18S. The molecule has 0 spiro atoms. The number of benzene rings is 5. The van der Waals surface area contributed by atoms with Crippen molar-refractivity contribution in [1.82, 2.24) is 0 Å². The zero-order valence-electron chi connectivity index (χ0n) is 16.4. The van der Waals surface area contributed by atoms with Crippen molar-refractivity contribution in [2.24, 2.45) is 0 Å². The first-order valence-electron chi connectivity index (χ1n) is 10.4. The normalized spacial score (nSPS) is 12.5. The van der Waals surface area contributed by atoms with Gasteiger partial charge in [-0.15, -0.1) is 11.3 Å². The molecule has 6 aromatic rings. The SMILES string of the molecule is c1ccc2c(c1)Cc1ccc3ccc(-c4cccc5c4sc4ccccc45)cc3c1-2. The van der Waals surface area contributed by atoms with E-state index in [4.69, 9.17) is 0 Å². The molecule has 0 atom stereocenters. The summed E-state index contributed by atoms with van der Waals surface area (Å²) in [6, 6.07) is 35.9. The van der Waals surface area contributed by atoms with Crippen LogP contribution in [-0.4, -0.2) is 0 Å². The molecule has 0 unspecified atom stereocenters. The molecule has 0 amide bonds. The lowest BCUT2D eigenvalue weighted by molar-refractivity contribution is 1.27. The lowest BCUT2D eigenvalue weighted by Gasteiger charge is -2.10. The Morgan fingerprint density at radius 1 is 0.567 bits per heavy atom. The summed E-state index contributed by atoms with van der Waals surface area (Å²) < 4.78 is 2.74. The lowest BCUT2D eigenvalue weighted by atomic mass is 9.94. The number of hydrogen-bond donors (Lipinski definition) is 0. The van der Waals surface area contributed by atoms with Crippen LogP contribution in [0.3, 0.4) is 0 Å². The highest BCUT2D eigenvalue weighted by atomic mass is 32.1. The average molecular weight is 399 g/mol. The molecule has 0 radical (unpaired) electrons. The maximum absolute atomic E-state index is 2.41. The van der Waals surface area contributed by atoms with E-state index in [1.165, 1.54) is 64.3 Å². The van der Waals surface area contributed by atoms with Crippen LogP contribution in [0.5, 0.6) is 0 Å². The third kappa shape index (κ3) is 2.21. The average Bonchev–Trinajstić information content (AvgIpc) is 3.37. The molecule has 30 heavy (non-hydrogen) atoms. The summed E-state index contributed by atoms with van der Waals surface area (Å²) in [7, 11) is 0. The zero-order chi connectivity index (χ0) is 19.7. The standard InChI is InChI=1S/C29H18S/c1-2-7-22-19(6-1)16-21-15-13-18-12-14-20(17-26(18)28(21)22)23-9-5-10-25-24-8-3-4-11-27(24)30-29(23)25/h1-15,17H,16H2. The summed E-state index contributed by atoms with van der Waals surface area (Å²) >= 11 is 1.90. The molecule has 0 aliphatic heterocycles. The van der Waals surface area contributed by atoms with Gasteiger partial charge in [0.25, 0.3) is 0 Å². The summed E-state index contributed by atoms with van der Waals surface area (Å²) in [5, 5.41) is 5.40. The Kier molecular flexibility index (Phi) is 3.30. The second kappa shape index (κ2) is 6.04. The molecule has 0 bridgehead atoms. The van der Waals surface area contributed by atoms with Crippen molar-refractivity contribution < 1.29 is 0 Å². The van der Waals surface area contributed by atoms with Crippen LogP contribution < -0.4 is 0 Å². The van der Waals surface area contributed by atoms with E-state index in [2.05, 4.69) is 97.1 Å². The Hall–Kier alpha value is -3.42. The monoisotopic (exact) mass is 398 g/mol. The van der Waals surface area contributed by atoms with E-state index in [1.807, 2.05) is 11.3 Å². The van der Waals surface area contributed by atoms with Gasteiger partial charge in [-0.3, -0.25) is 0 Å². The van der Waals surface area contributed by atoms with Crippen molar-refractivity contribution in [3.63, 3.8) is 0 Å². The van der Waals surface area contributed by atoms with E-state index in [-0.39, 0.29) is 0 Å². The van der Waals surface area contributed by atoms with Gasteiger partial charge < -0.3 is 0 Å². The van der Waals surface area contributed by atoms with Gasteiger partial charge in [0.1, 0.15) is 0 Å². The van der Waals surface area contributed by atoms with Crippen LogP contribution in [0, 0.1) is 0 Å². The van der Waals surface area contributed by atoms with Crippen molar-refractivity contribution in [1.29, 1.82) is 0 Å². The summed E-state index contributed by atoms with van der Waals surface area (Å²) in [5.74, 6) is 0. The Morgan fingerprint density at radius 2 is 1.37 bits per heavy atom. The van der Waals surface area contributed by atoms with Crippen LogP contribution in [-0.2, 0) is 6.42 Å². The smallest absolute Gasteiger partial charge is 0.0433 e.